The van der Waals surface area contributed by atoms with Crippen molar-refractivity contribution in [3.05, 3.63) is 60.2 Å². The zero-order valence-corrected chi connectivity index (χ0v) is 17.3. The summed E-state index contributed by atoms with van der Waals surface area (Å²) in [6.07, 6.45) is 0. The third kappa shape index (κ3) is 6.55. The Morgan fingerprint density at radius 3 is 2.46 bits per heavy atom. The maximum atomic E-state index is 12.4. The minimum Gasteiger partial charge on any atom is -0.495 e. The SMILES string of the molecule is CCN(Cc1ccccc1)C(=O)CN=C(N)Nc1ccccc1OC.I. The number of rotatable bonds is 7. The van der Waals surface area contributed by atoms with Crippen molar-refractivity contribution in [2.45, 2.75) is 13.5 Å². The van der Waals surface area contributed by atoms with Crippen LogP contribution in [0.4, 0.5) is 5.69 Å². The molecule has 0 saturated carbocycles. The first kappa shape index (κ1) is 21.8. The van der Waals surface area contributed by atoms with Gasteiger partial charge in [0.1, 0.15) is 12.3 Å². The molecule has 0 aliphatic rings. The van der Waals surface area contributed by atoms with E-state index < -0.39 is 0 Å². The minimum absolute atomic E-state index is 0. The van der Waals surface area contributed by atoms with Crippen LogP contribution in [-0.4, -0.2) is 37.0 Å². The molecule has 0 bridgehead atoms. The normalized spacial score (nSPS) is 10.6. The Bertz CT molecular complexity index is 722. The molecule has 0 unspecified atom stereocenters. The van der Waals surface area contributed by atoms with Gasteiger partial charge in [-0.1, -0.05) is 42.5 Å². The van der Waals surface area contributed by atoms with Crippen molar-refractivity contribution >= 4 is 41.5 Å². The van der Waals surface area contributed by atoms with Crippen LogP contribution in [0.1, 0.15) is 12.5 Å². The van der Waals surface area contributed by atoms with Gasteiger partial charge >= 0.3 is 0 Å². The van der Waals surface area contributed by atoms with Gasteiger partial charge in [0.05, 0.1) is 12.8 Å². The van der Waals surface area contributed by atoms with Crippen molar-refractivity contribution in [1.29, 1.82) is 0 Å². The topological polar surface area (TPSA) is 80.0 Å². The molecule has 2 rings (SSSR count). The van der Waals surface area contributed by atoms with Crippen molar-refractivity contribution in [1.82, 2.24) is 4.90 Å². The number of nitrogens with one attached hydrogen (secondary N) is 1. The number of anilines is 1. The maximum absolute atomic E-state index is 12.4. The zero-order valence-electron chi connectivity index (χ0n) is 15.0. The molecule has 26 heavy (non-hydrogen) atoms. The molecule has 3 N–H and O–H groups in total. The Kier molecular flexibility index (Phi) is 9.50. The third-order valence-corrected chi connectivity index (χ3v) is 3.71. The second-order valence-electron chi connectivity index (χ2n) is 5.42. The molecule has 0 atom stereocenters. The van der Waals surface area contributed by atoms with E-state index in [4.69, 9.17) is 10.5 Å². The number of para-hydroxylation sites is 2. The Morgan fingerprint density at radius 2 is 1.81 bits per heavy atom. The van der Waals surface area contributed by atoms with Gasteiger partial charge in [-0.2, -0.15) is 0 Å². The second-order valence-corrected chi connectivity index (χ2v) is 5.42. The Morgan fingerprint density at radius 1 is 1.15 bits per heavy atom. The van der Waals surface area contributed by atoms with Crippen molar-refractivity contribution in [2.75, 3.05) is 25.5 Å². The molecular weight excluding hydrogens is 443 g/mol. The average molecular weight is 468 g/mol. The van der Waals surface area contributed by atoms with E-state index in [0.29, 0.717) is 24.5 Å². The molecular formula is C19H25IN4O2. The van der Waals surface area contributed by atoms with Crippen LogP contribution >= 0.6 is 24.0 Å². The number of amides is 1. The number of carbonyl (C=O) groups is 1. The third-order valence-electron chi connectivity index (χ3n) is 3.71. The highest BCUT2D eigenvalue weighted by molar-refractivity contribution is 14.0. The lowest BCUT2D eigenvalue weighted by atomic mass is 10.2. The van der Waals surface area contributed by atoms with Crippen LogP contribution in [-0.2, 0) is 11.3 Å². The van der Waals surface area contributed by atoms with E-state index in [1.807, 2.05) is 61.5 Å². The summed E-state index contributed by atoms with van der Waals surface area (Å²) in [6.45, 7) is 3.12. The first-order chi connectivity index (χ1) is 12.1. The molecule has 1 amide bonds. The van der Waals surface area contributed by atoms with E-state index in [0.717, 1.165) is 5.56 Å². The second kappa shape index (κ2) is 11.3. The highest BCUT2D eigenvalue weighted by atomic mass is 127. The average Bonchev–Trinajstić information content (AvgIpc) is 2.65. The molecule has 0 spiro atoms. The molecule has 0 aliphatic carbocycles. The molecule has 0 heterocycles. The van der Waals surface area contributed by atoms with Gasteiger partial charge in [-0.05, 0) is 24.6 Å². The van der Waals surface area contributed by atoms with Gasteiger partial charge in [-0.25, -0.2) is 4.99 Å². The van der Waals surface area contributed by atoms with Crippen LogP contribution in [0.25, 0.3) is 0 Å². The highest BCUT2D eigenvalue weighted by Crippen LogP contribution is 2.22. The summed E-state index contributed by atoms with van der Waals surface area (Å²) in [4.78, 5) is 18.3. The van der Waals surface area contributed by atoms with Crippen LogP contribution in [0.3, 0.4) is 0 Å². The summed E-state index contributed by atoms with van der Waals surface area (Å²) in [7, 11) is 1.58. The minimum atomic E-state index is -0.0730. The van der Waals surface area contributed by atoms with Gasteiger partial charge in [-0.3, -0.25) is 4.79 Å². The van der Waals surface area contributed by atoms with Crippen molar-refractivity contribution in [3.63, 3.8) is 0 Å². The van der Waals surface area contributed by atoms with Crippen molar-refractivity contribution < 1.29 is 9.53 Å². The zero-order chi connectivity index (χ0) is 18.1. The maximum Gasteiger partial charge on any atom is 0.244 e. The highest BCUT2D eigenvalue weighted by Gasteiger charge is 2.12. The molecule has 2 aromatic carbocycles. The molecule has 0 aromatic heterocycles. The molecule has 2 aromatic rings. The van der Waals surface area contributed by atoms with E-state index in [-0.39, 0.29) is 42.4 Å². The Labute approximate surface area is 171 Å². The summed E-state index contributed by atoms with van der Waals surface area (Å²) in [6, 6.07) is 17.2. The number of hydrogen-bond donors (Lipinski definition) is 2. The summed E-state index contributed by atoms with van der Waals surface area (Å²) in [5.74, 6) is 0.760. The lowest BCUT2D eigenvalue weighted by molar-refractivity contribution is -0.130. The molecule has 6 nitrogen and oxygen atoms in total. The Balaban J connectivity index is 0.00000338. The standard InChI is InChI=1S/C19H24N4O2.HI/c1-3-23(14-15-9-5-4-6-10-15)18(24)13-21-19(20)22-16-11-7-8-12-17(16)25-2;/h4-12H,3,13-14H2,1-2H3,(H3,20,21,22);1H. The quantitative estimate of drug-likeness (QED) is 0.372. The molecule has 0 radical (unpaired) electrons. The van der Waals surface area contributed by atoms with Crippen LogP contribution < -0.4 is 15.8 Å². The number of hydrogen-bond acceptors (Lipinski definition) is 3. The fraction of sp³-hybridized carbons (Fsp3) is 0.263. The molecule has 7 heteroatoms. The van der Waals surface area contributed by atoms with Gasteiger partial charge in [0.15, 0.2) is 5.96 Å². The van der Waals surface area contributed by atoms with Crippen molar-refractivity contribution in [3.8, 4) is 5.75 Å². The number of likely N-dealkylation sites (N-methyl/N-ethyl adjacent to an activating group) is 1. The lowest BCUT2D eigenvalue weighted by Crippen LogP contribution is -2.33. The van der Waals surface area contributed by atoms with Crippen LogP contribution in [0, 0.1) is 0 Å². The predicted molar refractivity (Wildman–Crippen MR) is 116 cm³/mol. The van der Waals surface area contributed by atoms with E-state index >= 15 is 0 Å². The largest absolute Gasteiger partial charge is 0.495 e. The summed E-state index contributed by atoms with van der Waals surface area (Å²) in [5.41, 5.74) is 7.67. The number of aliphatic imine (C=N–C) groups is 1. The fourth-order valence-corrected chi connectivity index (χ4v) is 2.36. The van der Waals surface area contributed by atoms with E-state index in [9.17, 15) is 4.79 Å². The number of methoxy groups -OCH3 is 1. The molecule has 0 aliphatic heterocycles. The van der Waals surface area contributed by atoms with Crippen LogP contribution in [0.2, 0.25) is 0 Å². The van der Waals surface area contributed by atoms with Crippen LogP contribution in [0.5, 0.6) is 5.75 Å². The smallest absolute Gasteiger partial charge is 0.244 e. The van der Waals surface area contributed by atoms with Gasteiger partial charge in [0.25, 0.3) is 0 Å². The first-order valence-electron chi connectivity index (χ1n) is 8.15. The number of nitrogens with zero attached hydrogens (tertiary/aromatic N) is 2. The number of benzene rings is 2. The first-order valence-corrected chi connectivity index (χ1v) is 8.15. The fourth-order valence-electron chi connectivity index (χ4n) is 2.36. The van der Waals surface area contributed by atoms with Gasteiger partial charge in [-0.15, -0.1) is 24.0 Å². The number of carbonyl (C=O) groups excluding carboxylic acids is 1. The van der Waals surface area contributed by atoms with Gasteiger partial charge in [0, 0.05) is 13.1 Å². The monoisotopic (exact) mass is 468 g/mol. The molecule has 140 valence electrons. The van der Waals surface area contributed by atoms with E-state index in [1.165, 1.54) is 0 Å². The lowest BCUT2D eigenvalue weighted by Gasteiger charge is -2.20. The van der Waals surface area contributed by atoms with E-state index in [1.54, 1.807) is 12.0 Å². The van der Waals surface area contributed by atoms with Crippen LogP contribution in [0.15, 0.2) is 59.6 Å². The van der Waals surface area contributed by atoms with Crippen molar-refractivity contribution in [2.24, 2.45) is 10.7 Å². The Hall–Kier alpha value is -2.29. The predicted octanol–water partition coefficient (Wildman–Crippen LogP) is 3.09. The molecule has 0 fully saturated rings. The number of halogens is 1. The molecule has 0 saturated heterocycles. The number of guanidine groups is 1. The number of nitrogens with two attached hydrogens (primary N) is 1. The summed E-state index contributed by atoms with van der Waals surface area (Å²) in [5, 5.41) is 2.96. The van der Waals surface area contributed by atoms with Gasteiger partial charge < -0.3 is 20.7 Å². The number of ether oxygens (including phenoxy) is 1. The summed E-state index contributed by atoms with van der Waals surface area (Å²) < 4.78 is 5.25. The van der Waals surface area contributed by atoms with E-state index in [2.05, 4.69) is 10.3 Å². The van der Waals surface area contributed by atoms with Gasteiger partial charge in [0.2, 0.25) is 5.91 Å². The summed E-state index contributed by atoms with van der Waals surface area (Å²) >= 11 is 0.